The first-order chi connectivity index (χ1) is 12.8. The van der Waals surface area contributed by atoms with Crippen LogP contribution in [-0.2, 0) is 4.74 Å². The Morgan fingerprint density at radius 1 is 1.15 bits per heavy atom. The fourth-order valence-electron chi connectivity index (χ4n) is 5.15. The number of aryl methyl sites for hydroxylation is 1. The van der Waals surface area contributed by atoms with Gasteiger partial charge in [0.1, 0.15) is 0 Å². The van der Waals surface area contributed by atoms with E-state index in [1.165, 1.54) is 56.3 Å². The molecular formula is C22H35N3O. The fraction of sp³-hybridized carbons (Fsp3) is 0.727. The highest BCUT2D eigenvalue weighted by Gasteiger charge is 2.35. The Labute approximate surface area is 158 Å². The summed E-state index contributed by atoms with van der Waals surface area (Å²) in [6.07, 6.45) is 6.68. The highest BCUT2D eigenvalue weighted by molar-refractivity contribution is 5.24. The lowest BCUT2D eigenvalue weighted by Crippen LogP contribution is -2.51. The monoisotopic (exact) mass is 357 g/mol. The number of hydrogen-bond donors (Lipinski definition) is 2. The molecule has 0 aromatic heterocycles. The third-order valence-corrected chi connectivity index (χ3v) is 6.65. The zero-order chi connectivity index (χ0) is 17.8. The van der Waals surface area contributed by atoms with Crippen LogP contribution in [0.15, 0.2) is 24.3 Å². The van der Waals surface area contributed by atoms with Gasteiger partial charge < -0.3 is 15.4 Å². The minimum Gasteiger partial charge on any atom is -0.379 e. The standard InChI is InChI=1S/C22H35N3O/c1-17-7-9-18(10-8-17)22(25-12-2-3-13-25)15-24-20-6-4-5-19(20)21-16-26-14-11-23-21/h7-10,19-24H,2-6,11-16H2,1H3. The maximum atomic E-state index is 5.73. The smallest absolute Gasteiger partial charge is 0.0623 e. The molecule has 2 saturated heterocycles. The van der Waals surface area contributed by atoms with Gasteiger partial charge in [0.05, 0.1) is 13.2 Å². The molecule has 1 aliphatic carbocycles. The Morgan fingerprint density at radius 3 is 2.69 bits per heavy atom. The van der Waals surface area contributed by atoms with Gasteiger partial charge in [-0.1, -0.05) is 36.2 Å². The summed E-state index contributed by atoms with van der Waals surface area (Å²) in [5, 5.41) is 7.68. The number of nitrogens with one attached hydrogen (secondary N) is 2. The third-order valence-electron chi connectivity index (χ3n) is 6.65. The van der Waals surface area contributed by atoms with Crippen LogP contribution in [0.1, 0.15) is 49.3 Å². The SMILES string of the molecule is Cc1ccc(C(CNC2CCCC2C2COCCN2)N2CCCC2)cc1. The van der Waals surface area contributed by atoms with E-state index < -0.39 is 0 Å². The van der Waals surface area contributed by atoms with Crippen molar-refractivity contribution in [1.82, 2.24) is 15.5 Å². The average molecular weight is 358 g/mol. The van der Waals surface area contributed by atoms with E-state index in [0.717, 1.165) is 26.3 Å². The quantitative estimate of drug-likeness (QED) is 0.821. The van der Waals surface area contributed by atoms with Gasteiger partial charge in [-0.2, -0.15) is 0 Å². The second-order valence-electron chi connectivity index (χ2n) is 8.41. The summed E-state index contributed by atoms with van der Waals surface area (Å²) >= 11 is 0. The topological polar surface area (TPSA) is 36.5 Å². The second kappa shape index (κ2) is 8.83. The summed E-state index contributed by atoms with van der Waals surface area (Å²) < 4.78 is 5.73. The lowest BCUT2D eigenvalue weighted by Gasteiger charge is -2.35. The van der Waals surface area contributed by atoms with Crippen LogP contribution in [0, 0.1) is 12.8 Å². The molecule has 0 amide bonds. The zero-order valence-electron chi connectivity index (χ0n) is 16.3. The van der Waals surface area contributed by atoms with E-state index in [1.54, 1.807) is 0 Å². The molecule has 4 unspecified atom stereocenters. The predicted octanol–water partition coefficient (Wildman–Crippen LogP) is 2.88. The van der Waals surface area contributed by atoms with E-state index in [0.29, 0.717) is 24.0 Å². The van der Waals surface area contributed by atoms with Gasteiger partial charge in [0.2, 0.25) is 0 Å². The highest BCUT2D eigenvalue weighted by atomic mass is 16.5. The van der Waals surface area contributed by atoms with Crippen LogP contribution in [0.4, 0.5) is 0 Å². The van der Waals surface area contributed by atoms with Crippen molar-refractivity contribution in [2.24, 2.45) is 5.92 Å². The van der Waals surface area contributed by atoms with Gasteiger partial charge in [-0.05, 0) is 57.2 Å². The number of nitrogens with zero attached hydrogens (tertiary/aromatic N) is 1. The molecule has 4 rings (SSSR count). The molecule has 26 heavy (non-hydrogen) atoms. The lowest BCUT2D eigenvalue weighted by atomic mass is 9.93. The Morgan fingerprint density at radius 2 is 1.96 bits per heavy atom. The molecule has 0 spiro atoms. The van der Waals surface area contributed by atoms with Gasteiger partial charge in [-0.15, -0.1) is 0 Å². The molecule has 4 heteroatoms. The van der Waals surface area contributed by atoms with Crippen molar-refractivity contribution in [3.8, 4) is 0 Å². The van der Waals surface area contributed by atoms with E-state index in [9.17, 15) is 0 Å². The van der Waals surface area contributed by atoms with Crippen LogP contribution in [0.2, 0.25) is 0 Å². The second-order valence-corrected chi connectivity index (χ2v) is 8.41. The molecule has 4 nitrogen and oxygen atoms in total. The first-order valence-corrected chi connectivity index (χ1v) is 10.7. The number of rotatable bonds is 6. The fourth-order valence-corrected chi connectivity index (χ4v) is 5.15. The summed E-state index contributed by atoms with van der Waals surface area (Å²) in [7, 11) is 0. The van der Waals surface area contributed by atoms with Crippen molar-refractivity contribution in [1.29, 1.82) is 0 Å². The summed E-state index contributed by atoms with van der Waals surface area (Å²) in [5.74, 6) is 0.715. The van der Waals surface area contributed by atoms with Crippen LogP contribution >= 0.6 is 0 Å². The van der Waals surface area contributed by atoms with Crippen molar-refractivity contribution < 1.29 is 4.74 Å². The summed E-state index contributed by atoms with van der Waals surface area (Å²) in [6, 6.07) is 10.9. The number of hydrogen-bond acceptors (Lipinski definition) is 4. The summed E-state index contributed by atoms with van der Waals surface area (Å²) in [4.78, 5) is 2.68. The first kappa shape index (κ1) is 18.4. The minimum absolute atomic E-state index is 0.509. The van der Waals surface area contributed by atoms with Crippen molar-refractivity contribution in [2.75, 3.05) is 39.4 Å². The number of ether oxygens (including phenoxy) is 1. The van der Waals surface area contributed by atoms with Gasteiger partial charge >= 0.3 is 0 Å². The molecular weight excluding hydrogens is 322 g/mol. The molecule has 144 valence electrons. The summed E-state index contributed by atoms with van der Waals surface area (Å²) in [6.45, 7) is 8.49. The van der Waals surface area contributed by atoms with Gasteiger partial charge in [-0.25, -0.2) is 0 Å². The van der Waals surface area contributed by atoms with Gasteiger partial charge in [-0.3, -0.25) is 4.90 Å². The maximum Gasteiger partial charge on any atom is 0.0623 e. The maximum absolute atomic E-state index is 5.73. The molecule has 4 atom stereocenters. The summed E-state index contributed by atoms with van der Waals surface area (Å²) in [5.41, 5.74) is 2.82. The Balaban J connectivity index is 1.41. The lowest BCUT2D eigenvalue weighted by molar-refractivity contribution is 0.0519. The van der Waals surface area contributed by atoms with Gasteiger partial charge in [0.25, 0.3) is 0 Å². The Kier molecular flexibility index (Phi) is 6.26. The Hall–Kier alpha value is -0.940. The van der Waals surface area contributed by atoms with Gasteiger partial charge in [0.15, 0.2) is 0 Å². The normalized spacial score (nSPS) is 31.3. The molecule has 0 bridgehead atoms. The average Bonchev–Trinajstić information content (AvgIpc) is 3.36. The highest BCUT2D eigenvalue weighted by Crippen LogP contribution is 2.31. The molecule has 2 aliphatic heterocycles. The van der Waals surface area contributed by atoms with E-state index in [-0.39, 0.29) is 0 Å². The van der Waals surface area contributed by atoms with Crippen LogP contribution < -0.4 is 10.6 Å². The van der Waals surface area contributed by atoms with Crippen LogP contribution in [-0.4, -0.2) is 56.4 Å². The Bertz CT molecular complexity index is 549. The molecule has 1 saturated carbocycles. The molecule has 0 radical (unpaired) electrons. The molecule has 3 fully saturated rings. The number of benzene rings is 1. The predicted molar refractivity (Wildman–Crippen MR) is 106 cm³/mol. The van der Waals surface area contributed by atoms with Crippen LogP contribution in [0.5, 0.6) is 0 Å². The van der Waals surface area contributed by atoms with Crippen LogP contribution in [0.25, 0.3) is 0 Å². The molecule has 3 aliphatic rings. The van der Waals surface area contributed by atoms with E-state index in [1.807, 2.05) is 0 Å². The number of morpholine rings is 1. The largest absolute Gasteiger partial charge is 0.379 e. The third kappa shape index (κ3) is 4.30. The van der Waals surface area contributed by atoms with Crippen molar-refractivity contribution in [3.63, 3.8) is 0 Å². The van der Waals surface area contributed by atoms with Crippen molar-refractivity contribution in [2.45, 2.75) is 57.2 Å². The first-order valence-electron chi connectivity index (χ1n) is 10.7. The molecule has 1 aromatic rings. The van der Waals surface area contributed by atoms with E-state index in [4.69, 9.17) is 4.74 Å². The zero-order valence-corrected chi connectivity index (χ0v) is 16.3. The molecule has 2 heterocycles. The van der Waals surface area contributed by atoms with E-state index >= 15 is 0 Å². The van der Waals surface area contributed by atoms with Crippen LogP contribution in [0.3, 0.4) is 0 Å². The van der Waals surface area contributed by atoms with Crippen molar-refractivity contribution in [3.05, 3.63) is 35.4 Å². The molecule has 2 N–H and O–H groups in total. The number of likely N-dealkylation sites (tertiary alicyclic amines) is 1. The molecule has 1 aromatic carbocycles. The van der Waals surface area contributed by atoms with Crippen molar-refractivity contribution >= 4 is 0 Å². The minimum atomic E-state index is 0.509. The van der Waals surface area contributed by atoms with E-state index in [2.05, 4.69) is 46.7 Å². The van der Waals surface area contributed by atoms with Gasteiger partial charge in [0, 0.05) is 31.2 Å².